The lowest BCUT2D eigenvalue weighted by molar-refractivity contribution is -0.730. The first-order valence-electron chi connectivity index (χ1n) is 3.92. The van der Waals surface area contributed by atoms with Crippen molar-refractivity contribution in [3.63, 3.8) is 0 Å². The van der Waals surface area contributed by atoms with E-state index >= 15 is 0 Å². The van der Waals surface area contributed by atoms with Crippen molar-refractivity contribution in [2.75, 3.05) is 20.1 Å². The monoisotopic (exact) mass is 132 g/mol. The van der Waals surface area contributed by atoms with Crippen LogP contribution in [0.1, 0.15) is 20.3 Å². The Morgan fingerprint density at radius 2 is 2.00 bits per heavy atom. The van der Waals surface area contributed by atoms with E-state index in [2.05, 4.69) is 31.5 Å². The average Bonchev–Trinajstić information content (AvgIpc) is 1.89. The van der Waals surface area contributed by atoms with Crippen molar-refractivity contribution < 1.29 is 10.6 Å². The topological polar surface area (TPSA) is 33.2 Å². The van der Waals surface area contributed by atoms with Gasteiger partial charge in [-0.05, 0) is 13.3 Å². The minimum absolute atomic E-state index is 0.810. The molecule has 56 valence electrons. The van der Waals surface area contributed by atoms with Gasteiger partial charge in [0, 0.05) is 0 Å². The van der Waals surface area contributed by atoms with E-state index in [1.807, 2.05) is 0 Å². The summed E-state index contributed by atoms with van der Waals surface area (Å²) in [7, 11) is 2.12. The molecule has 2 heteroatoms. The summed E-state index contributed by atoms with van der Waals surface area (Å²) in [6, 6.07) is 0.810. The van der Waals surface area contributed by atoms with Gasteiger partial charge in [0.15, 0.2) is 0 Å². The van der Waals surface area contributed by atoms with E-state index in [4.69, 9.17) is 0 Å². The van der Waals surface area contributed by atoms with Crippen molar-refractivity contribution >= 4 is 0 Å². The number of rotatable bonds is 5. The maximum Gasteiger partial charge on any atom is 0.125 e. The molecule has 0 aromatic heterocycles. The molecule has 0 radical (unpaired) electrons. The quantitative estimate of drug-likeness (QED) is 0.429. The third-order valence-corrected chi connectivity index (χ3v) is 1.67. The first kappa shape index (κ1) is 8.92. The summed E-state index contributed by atoms with van der Waals surface area (Å²) in [6.07, 6.45) is 1.28. The highest BCUT2D eigenvalue weighted by Crippen LogP contribution is 1.76. The molecule has 0 bridgehead atoms. The lowest BCUT2D eigenvalue weighted by Gasteiger charge is -2.05. The van der Waals surface area contributed by atoms with Crippen LogP contribution >= 0.6 is 0 Å². The molecule has 2 nitrogen and oxygen atoms in total. The van der Waals surface area contributed by atoms with Crippen molar-refractivity contribution in [3.8, 4) is 0 Å². The molecule has 0 saturated carbocycles. The summed E-state index contributed by atoms with van der Waals surface area (Å²) >= 11 is 0. The molecule has 0 aliphatic heterocycles. The van der Waals surface area contributed by atoms with Crippen LogP contribution in [0.4, 0.5) is 0 Å². The molecule has 0 amide bonds. The molecule has 0 fully saturated rings. The van der Waals surface area contributed by atoms with E-state index in [-0.39, 0.29) is 0 Å². The highest BCUT2D eigenvalue weighted by atomic mass is 14.9. The summed E-state index contributed by atoms with van der Waals surface area (Å²) < 4.78 is 0. The highest BCUT2D eigenvalue weighted by Gasteiger charge is 1.98. The fourth-order valence-electron chi connectivity index (χ4n) is 0.714. The lowest BCUT2D eigenvalue weighted by Crippen LogP contribution is -2.95. The molecule has 1 atom stereocenters. The zero-order valence-electron chi connectivity index (χ0n) is 6.85. The van der Waals surface area contributed by atoms with Crippen LogP contribution in [0.3, 0.4) is 0 Å². The number of quaternary nitrogens is 2. The first-order chi connectivity index (χ1) is 4.31. The minimum Gasteiger partial charge on any atom is -0.344 e. The molecular weight excluding hydrogens is 112 g/mol. The first-order valence-corrected chi connectivity index (χ1v) is 3.92. The van der Waals surface area contributed by atoms with Crippen LogP contribution in [0.25, 0.3) is 0 Å². The molecule has 0 heterocycles. The number of nitrogens with two attached hydrogens (primary N) is 2. The van der Waals surface area contributed by atoms with E-state index in [9.17, 15) is 0 Å². The van der Waals surface area contributed by atoms with Crippen LogP contribution in [0.2, 0.25) is 0 Å². The van der Waals surface area contributed by atoms with Crippen molar-refractivity contribution in [2.24, 2.45) is 0 Å². The van der Waals surface area contributed by atoms with Gasteiger partial charge in [0.25, 0.3) is 0 Å². The molecule has 0 aromatic rings. The molecule has 0 aliphatic rings. The maximum absolute atomic E-state index is 2.40. The minimum atomic E-state index is 0.810. The van der Waals surface area contributed by atoms with Gasteiger partial charge in [-0.1, -0.05) is 6.92 Å². The normalized spacial score (nSPS) is 13.7. The van der Waals surface area contributed by atoms with E-state index in [0.29, 0.717) is 0 Å². The van der Waals surface area contributed by atoms with Crippen molar-refractivity contribution in [2.45, 2.75) is 26.3 Å². The highest BCUT2D eigenvalue weighted by molar-refractivity contribution is 4.36. The Bertz CT molecular complexity index is 54.9. The molecule has 0 aromatic carbocycles. The molecular formula is C7H20N2+2. The molecule has 0 aliphatic carbocycles. The molecule has 0 rings (SSSR count). The Morgan fingerprint density at radius 3 is 2.44 bits per heavy atom. The summed E-state index contributed by atoms with van der Waals surface area (Å²) in [5.74, 6) is 0. The number of hydrogen-bond acceptors (Lipinski definition) is 0. The van der Waals surface area contributed by atoms with Gasteiger partial charge < -0.3 is 10.6 Å². The standard InChI is InChI=1S/C7H18N2/c1-4-7(2)9-6-5-8-3/h7-9H,4-6H2,1-3H3/p+2/t7-/m0/s1. The van der Waals surface area contributed by atoms with Crippen LogP contribution in [0, 0.1) is 0 Å². The van der Waals surface area contributed by atoms with Gasteiger partial charge in [-0.2, -0.15) is 0 Å². The van der Waals surface area contributed by atoms with E-state index in [1.165, 1.54) is 19.5 Å². The Kier molecular flexibility index (Phi) is 5.99. The van der Waals surface area contributed by atoms with Gasteiger partial charge in [0.05, 0.1) is 13.1 Å². The van der Waals surface area contributed by atoms with Crippen molar-refractivity contribution in [1.82, 2.24) is 0 Å². The van der Waals surface area contributed by atoms with Gasteiger partial charge in [0.2, 0.25) is 0 Å². The number of likely N-dealkylation sites (N-methyl/N-ethyl adjacent to an activating group) is 1. The Morgan fingerprint density at radius 1 is 1.33 bits per heavy atom. The maximum atomic E-state index is 2.40. The Hall–Kier alpha value is -0.0800. The van der Waals surface area contributed by atoms with E-state index in [1.54, 1.807) is 0 Å². The lowest BCUT2D eigenvalue weighted by atomic mass is 10.3. The number of hydrogen-bond donors (Lipinski definition) is 2. The largest absolute Gasteiger partial charge is 0.344 e. The Balaban J connectivity index is 2.88. The zero-order chi connectivity index (χ0) is 7.11. The predicted molar refractivity (Wildman–Crippen MR) is 39.3 cm³/mol. The predicted octanol–water partition coefficient (Wildman–Crippen LogP) is -1.46. The Labute approximate surface area is 58.0 Å². The second-order valence-corrected chi connectivity index (χ2v) is 2.61. The molecule has 9 heavy (non-hydrogen) atoms. The van der Waals surface area contributed by atoms with Crippen LogP contribution < -0.4 is 10.6 Å². The fraction of sp³-hybridized carbons (Fsp3) is 1.00. The van der Waals surface area contributed by atoms with Crippen LogP contribution in [-0.2, 0) is 0 Å². The molecule has 0 spiro atoms. The third-order valence-electron chi connectivity index (χ3n) is 1.67. The summed E-state index contributed by atoms with van der Waals surface area (Å²) in [6.45, 7) is 7.00. The van der Waals surface area contributed by atoms with E-state index in [0.717, 1.165) is 6.04 Å². The molecule has 0 saturated heterocycles. The van der Waals surface area contributed by atoms with Crippen molar-refractivity contribution in [1.29, 1.82) is 0 Å². The van der Waals surface area contributed by atoms with Crippen LogP contribution in [-0.4, -0.2) is 26.2 Å². The van der Waals surface area contributed by atoms with Gasteiger partial charge >= 0.3 is 0 Å². The average molecular weight is 132 g/mol. The summed E-state index contributed by atoms with van der Waals surface area (Å²) in [5.41, 5.74) is 0. The summed E-state index contributed by atoms with van der Waals surface area (Å²) in [5, 5.41) is 4.62. The summed E-state index contributed by atoms with van der Waals surface area (Å²) in [4.78, 5) is 0. The molecule has 4 N–H and O–H groups in total. The second kappa shape index (κ2) is 6.05. The third kappa shape index (κ3) is 5.80. The smallest absolute Gasteiger partial charge is 0.125 e. The van der Waals surface area contributed by atoms with Crippen molar-refractivity contribution in [3.05, 3.63) is 0 Å². The molecule has 0 unspecified atom stereocenters. The van der Waals surface area contributed by atoms with Gasteiger partial charge in [-0.25, -0.2) is 0 Å². The fourth-order valence-corrected chi connectivity index (χ4v) is 0.714. The second-order valence-electron chi connectivity index (χ2n) is 2.61. The van der Waals surface area contributed by atoms with Gasteiger partial charge in [-0.15, -0.1) is 0 Å². The van der Waals surface area contributed by atoms with Gasteiger partial charge in [-0.3, -0.25) is 0 Å². The zero-order valence-corrected chi connectivity index (χ0v) is 6.85. The van der Waals surface area contributed by atoms with Gasteiger partial charge in [0.1, 0.15) is 13.1 Å². The van der Waals surface area contributed by atoms with Crippen LogP contribution in [0.5, 0.6) is 0 Å². The van der Waals surface area contributed by atoms with Crippen LogP contribution in [0.15, 0.2) is 0 Å². The van der Waals surface area contributed by atoms with E-state index < -0.39 is 0 Å². The SMILES string of the molecule is CC[C@H](C)[NH2+]CC[NH2+]C.